The molecule has 1 aromatic heterocycles. The van der Waals surface area contributed by atoms with Crippen LogP contribution in [-0.2, 0) is 22.6 Å². The molecule has 0 saturated heterocycles. The number of carbonyl (C=O) groups excluding carboxylic acids is 2. The number of thiazole rings is 1. The van der Waals surface area contributed by atoms with Gasteiger partial charge >= 0.3 is 5.97 Å². The van der Waals surface area contributed by atoms with Crippen LogP contribution in [0.4, 0.5) is 10.8 Å². The summed E-state index contributed by atoms with van der Waals surface area (Å²) in [5.74, 6) is 0.217. The Labute approximate surface area is 196 Å². The van der Waals surface area contributed by atoms with Crippen molar-refractivity contribution in [3.05, 3.63) is 58.6 Å². The van der Waals surface area contributed by atoms with Gasteiger partial charge in [0.15, 0.2) is 16.6 Å². The normalized spacial score (nSPS) is 10.5. The van der Waals surface area contributed by atoms with Gasteiger partial charge in [0.25, 0.3) is 0 Å². The second-order valence-electron chi connectivity index (χ2n) is 6.92. The number of amides is 1. The largest absolute Gasteiger partial charge is 0.493 e. The van der Waals surface area contributed by atoms with E-state index in [1.165, 1.54) is 39.6 Å². The summed E-state index contributed by atoms with van der Waals surface area (Å²) < 4.78 is 21.4. The number of esters is 1. The molecule has 1 amide bonds. The highest BCUT2D eigenvalue weighted by molar-refractivity contribution is 7.14. The highest BCUT2D eigenvalue weighted by Gasteiger charge is 2.23. The summed E-state index contributed by atoms with van der Waals surface area (Å²) in [6.07, 6.45) is 0.781. The molecule has 0 aliphatic heterocycles. The predicted molar refractivity (Wildman–Crippen MR) is 126 cm³/mol. The Morgan fingerprint density at radius 2 is 1.73 bits per heavy atom. The van der Waals surface area contributed by atoms with Gasteiger partial charge in [0.2, 0.25) is 11.7 Å². The molecule has 0 spiro atoms. The molecule has 3 rings (SSSR count). The summed E-state index contributed by atoms with van der Waals surface area (Å²) in [4.78, 5) is 31.3. The van der Waals surface area contributed by atoms with E-state index in [2.05, 4.69) is 4.98 Å². The van der Waals surface area contributed by atoms with Crippen molar-refractivity contribution < 1.29 is 28.5 Å². The number of carbonyl (C=O) groups is 2. The second kappa shape index (κ2) is 10.8. The van der Waals surface area contributed by atoms with E-state index in [1.807, 2.05) is 31.2 Å². The highest BCUT2D eigenvalue weighted by Crippen LogP contribution is 2.40. The molecule has 1 heterocycles. The quantitative estimate of drug-likeness (QED) is 0.416. The topological polar surface area (TPSA) is 87.2 Å². The zero-order chi connectivity index (χ0) is 24.0. The van der Waals surface area contributed by atoms with Crippen LogP contribution in [0.15, 0.2) is 41.8 Å². The SMILES string of the molecule is CCc1ccccc1N(C(C)=O)c1nc(COC(=O)c2ccc(OC)c(OC)c2OC)cs1. The van der Waals surface area contributed by atoms with Crippen LogP contribution < -0.4 is 19.1 Å². The van der Waals surface area contributed by atoms with Crippen molar-refractivity contribution in [2.24, 2.45) is 0 Å². The molecule has 0 fully saturated rings. The van der Waals surface area contributed by atoms with Gasteiger partial charge in [-0.3, -0.25) is 9.69 Å². The first-order valence-corrected chi connectivity index (χ1v) is 11.1. The lowest BCUT2D eigenvalue weighted by molar-refractivity contribution is -0.115. The molecule has 0 aliphatic rings. The van der Waals surface area contributed by atoms with Crippen molar-refractivity contribution in [1.82, 2.24) is 4.98 Å². The molecule has 0 aliphatic carbocycles. The van der Waals surface area contributed by atoms with E-state index >= 15 is 0 Å². The molecule has 0 atom stereocenters. The van der Waals surface area contributed by atoms with Crippen LogP contribution in [0.2, 0.25) is 0 Å². The molecular weight excluding hydrogens is 444 g/mol. The number of aryl methyl sites for hydroxylation is 1. The van der Waals surface area contributed by atoms with E-state index in [0.717, 1.165) is 17.7 Å². The number of anilines is 2. The van der Waals surface area contributed by atoms with E-state index < -0.39 is 5.97 Å². The molecule has 33 heavy (non-hydrogen) atoms. The van der Waals surface area contributed by atoms with Crippen LogP contribution >= 0.6 is 11.3 Å². The summed E-state index contributed by atoms with van der Waals surface area (Å²) in [7, 11) is 4.40. The first-order chi connectivity index (χ1) is 15.9. The van der Waals surface area contributed by atoms with E-state index in [-0.39, 0.29) is 23.8 Å². The van der Waals surface area contributed by atoms with E-state index in [9.17, 15) is 9.59 Å². The fraction of sp³-hybridized carbons (Fsp3) is 0.292. The van der Waals surface area contributed by atoms with Gasteiger partial charge in [-0.05, 0) is 30.2 Å². The van der Waals surface area contributed by atoms with Gasteiger partial charge in [-0.25, -0.2) is 9.78 Å². The zero-order valence-electron chi connectivity index (χ0n) is 19.2. The lowest BCUT2D eigenvalue weighted by Crippen LogP contribution is -2.23. The average molecular weight is 471 g/mol. The van der Waals surface area contributed by atoms with Gasteiger partial charge in [0.05, 0.1) is 32.7 Å². The number of nitrogens with zero attached hydrogens (tertiary/aromatic N) is 2. The van der Waals surface area contributed by atoms with Gasteiger partial charge < -0.3 is 18.9 Å². The predicted octanol–water partition coefficient (Wildman–Crippen LogP) is 4.77. The lowest BCUT2D eigenvalue weighted by atomic mass is 10.1. The molecule has 8 nitrogen and oxygen atoms in total. The number of hydrogen-bond donors (Lipinski definition) is 0. The maximum Gasteiger partial charge on any atom is 0.342 e. The van der Waals surface area contributed by atoms with Crippen molar-refractivity contribution in [2.75, 3.05) is 26.2 Å². The van der Waals surface area contributed by atoms with Crippen LogP contribution in [0.25, 0.3) is 0 Å². The molecular formula is C24H26N2O6S. The number of benzene rings is 2. The fourth-order valence-corrected chi connectivity index (χ4v) is 4.24. The average Bonchev–Trinajstić information content (AvgIpc) is 3.29. The van der Waals surface area contributed by atoms with Crippen molar-refractivity contribution in [2.45, 2.75) is 26.9 Å². The molecule has 0 N–H and O–H groups in total. The number of hydrogen-bond acceptors (Lipinski definition) is 8. The van der Waals surface area contributed by atoms with Gasteiger partial charge in [-0.15, -0.1) is 11.3 Å². The van der Waals surface area contributed by atoms with Crippen LogP contribution in [0.1, 0.15) is 35.5 Å². The number of rotatable bonds is 9. The number of para-hydroxylation sites is 1. The third-order valence-corrected chi connectivity index (χ3v) is 5.81. The Bertz CT molecular complexity index is 1140. The highest BCUT2D eigenvalue weighted by atomic mass is 32.1. The molecule has 0 radical (unpaired) electrons. The standard InChI is InChI=1S/C24H26N2O6S/c1-6-16-9-7-8-10-19(16)26(15(2)27)24-25-17(14-33-24)13-32-23(28)18-11-12-20(29-3)22(31-5)21(18)30-4/h7-12,14H,6,13H2,1-5H3. The third kappa shape index (κ3) is 5.09. The van der Waals surface area contributed by atoms with Crippen LogP contribution in [-0.4, -0.2) is 38.2 Å². The van der Waals surface area contributed by atoms with E-state index in [0.29, 0.717) is 22.3 Å². The minimum Gasteiger partial charge on any atom is -0.493 e. The smallest absolute Gasteiger partial charge is 0.342 e. The van der Waals surface area contributed by atoms with Crippen molar-refractivity contribution in [3.63, 3.8) is 0 Å². The van der Waals surface area contributed by atoms with E-state index in [1.54, 1.807) is 22.4 Å². The van der Waals surface area contributed by atoms with Crippen molar-refractivity contribution >= 4 is 34.0 Å². The number of ether oxygens (including phenoxy) is 4. The summed E-state index contributed by atoms with van der Waals surface area (Å²) in [6, 6.07) is 10.9. The van der Waals surface area contributed by atoms with E-state index in [4.69, 9.17) is 18.9 Å². The fourth-order valence-electron chi connectivity index (χ4n) is 3.38. The van der Waals surface area contributed by atoms with Gasteiger partial charge in [0, 0.05) is 12.3 Å². The summed E-state index contributed by atoms with van der Waals surface area (Å²) in [5, 5.41) is 2.28. The van der Waals surface area contributed by atoms with Gasteiger partial charge in [-0.1, -0.05) is 25.1 Å². The lowest BCUT2D eigenvalue weighted by Gasteiger charge is -2.21. The number of aromatic nitrogens is 1. The maximum atomic E-state index is 12.7. The Morgan fingerprint density at radius 1 is 1.00 bits per heavy atom. The zero-order valence-corrected chi connectivity index (χ0v) is 20.0. The molecule has 0 unspecified atom stereocenters. The molecule has 9 heteroatoms. The molecule has 3 aromatic rings. The Kier molecular flexibility index (Phi) is 7.89. The first-order valence-electron chi connectivity index (χ1n) is 10.2. The second-order valence-corrected chi connectivity index (χ2v) is 7.75. The van der Waals surface area contributed by atoms with Gasteiger partial charge in [0.1, 0.15) is 12.2 Å². The summed E-state index contributed by atoms with van der Waals surface area (Å²) >= 11 is 1.31. The van der Waals surface area contributed by atoms with Crippen LogP contribution in [0.5, 0.6) is 17.2 Å². The van der Waals surface area contributed by atoms with Crippen LogP contribution in [0.3, 0.4) is 0 Å². The number of methoxy groups -OCH3 is 3. The Morgan fingerprint density at radius 3 is 2.36 bits per heavy atom. The Hall–Kier alpha value is -3.59. The maximum absolute atomic E-state index is 12.7. The van der Waals surface area contributed by atoms with Crippen LogP contribution in [0, 0.1) is 0 Å². The van der Waals surface area contributed by atoms with Crippen molar-refractivity contribution in [1.29, 1.82) is 0 Å². The van der Waals surface area contributed by atoms with Crippen molar-refractivity contribution in [3.8, 4) is 17.2 Å². The monoisotopic (exact) mass is 470 g/mol. The minimum atomic E-state index is -0.595. The summed E-state index contributed by atoms with van der Waals surface area (Å²) in [6.45, 7) is 3.47. The molecule has 0 saturated carbocycles. The summed E-state index contributed by atoms with van der Waals surface area (Å²) in [5.41, 5.74) is 2.56. The van der Waals surface area contributed by atoms with Gasteiger partial charge in [-0.2, -0.15) is 0 Å². The molecule has 174 valence electrons. The Balaban J connectivity index is 1.80. The third-order valence-electron chi connectivity index (χ3n) is 4.93. The molecule has 0 bridgehead atoms. The minimum absolute atomic E-state index is 0.0615. The first kappa shape index (κ1) is 24.1. The molecule has 2 aromatic carbocycles.